The third-order valence-electron chi connectivity index (χ3n) is 2.37. The molecule has 0 amide bonds. The Morgan fingerprint density at radius 3 is 3.00 bits per heavy atom. The zero-order chi connectivity index (χ0) is 9.26. The molecule has 1 heterocycles. The molecule has 66 valence electrons. The average molecular weight is 172 g/mol. The maximum atomic E-state index is 7.75. The average Bonchev–Trinajstić information content (AvgIpc) is 2.18. The minimum Gasteiger partial charge on any atom is -0.303 e. The van der Waals surface area contributed by atoms with Gasteiger partial charge in [0.15, 0.2) is 0 Å². The number of pyridine rings is 1. The second-order valence-corrected chi connectivity index (χ2v) is 3.28. The molecule has 1 aliphatic rings. The normalized spacial score (nSPS) is 15.2. The quantitative estimate of drug-likeness (QED) is 0.694. The van der Waals surface area contributed by atoms with Crippen LogP contribution in [-0.4, -0.2) is 10.7 Å². The van der Waals surface area contributed by atoms with E-state index in [0.29, 0.717) is 5.71 Å². The van der Waals surface area contributed by atoms with Crippen molar-refractivity contribution >= 4 is 11.8 Å². The maximum absolute atomic E-state index is 7.75. The summed E-state index contributed by atoms with van der Waals surface area (Å²) < 4.78 is 0. The van der Waals surface area contributed by atoms with Crippen LogP contribution < -0.4 is 0 Å². The Morgan fingerprint density at radius 2 is 2.23 bits per heavy atom. The van der Waals surface area contributed by atoms with Gasteiger partial charge in [-0.1, -0.05) is 12.6 Å². The molecular weight excluding hydrogens is 160 g/mol. The van der Waals surface area contributed by atoms with Crippen LogP contribution in [0.5, 0.6) is 0 Å². The first-order valence-electron chi connectivity index (χ1n) is 4.51. The van der Waals surface area contributed by atoms with Gasteiger partial charge in [-0.2, -0.15) is 0 Å². The van der Waals surface area contributed by atoms with Crippen molar-refractivity contribution in [2.45, 2.75) is 19.3 Å². The Bertz CT molecular complexity index is 366. The smallest absolute Gasteiger partial charge is 0.0876 e. The summed E-state index contributed by atoms with van der Waals surface area (Å²) in [6.45, 7) is 3.67. The minimum atomic E-state index is 0.671. The summed E-state index contributed by atoms with van der Waals surface area (Å²) in [5, 5.41) is 7.75. The van der Waals surface area contributed by atoms with Gasteiger partial charge < -0.3 is 5.41 Å². The van der Waals surface area contributed by atoms with Crippen LogP contribution in [0.25, 0.3) is 6.08 Å². The number of rotatable bonds is 1. The summed E-state index contributed by atoms with van der Waals surface area (Å²) in [5.41, 5.74) is 3.63. The number of hydrogen-bond acceptors (Lipinski definition) is 2. The molecule has 13 heavy (non-hydrogen) atoms. The van der Waals surface area contributed by atoms with Gasteiger partial charge in [0.2, 0.25) is 0 Å². The lowest BCUT2D eigenvalue weighted by Gasteiger charge is -2.15. The van der Waals surface area contributed by atoms with Crippen molar-refractivity contribution in [3.05, 3.63) is 35.7 Å². The molecule has 0 radical (unpaired) electrons. The Kier molecular flexibility index (Phi) is 1.97. The number of aryl methyl sites for hydroxylation is 1. The van der Waals surface area contributed by atoms with Gasteiger partial charge >= 0.3 is 0 Å². The van der Waals surface area contributed by atoms with E-state index in [1.807, 2.05) is 6.07 Å². The van der Waals surface area contributed by atoms with Crippen molar-refractivity contribution in [1.82, 2.24) is 4.98 Å². The standard InChI is InChI=1S/C11H12N2/c1-2-9-7-6-8-4-3-5-10(12)11(8)13-9/h2,6-7,12H,1,3-5H2. The molecule has 0 saturated heterocycles. The van der Waals surface area contributed by atoms with Gasteiger partial charge in [0.05, 0.1) is 17.1 Å². The summed E-state index contributed by atoms with van der Waals surface area (Å²) in [4.78, 5) is 4.37. The molecule has 2 heteroatoms. The van der Waals surface area contributed by atoms with Crippen molar-refractivity contribution in [2.24, 2.45) is 0 Å². The highest BCUT2D eigenvalue weighted by atomic mass is 14.7. The van der Waals surface area contributed by atoms with E-state index < -0.39 is 0 Å². The summed E-state index contributed by atoms with van der Waals surface area (Å²) >= 11 is 0. The van der Waals surface area contributed by atoms with Gasteiger partial charge in [-0.15, -0.1) is 0 Å². The molecule has 0 saturated carbocycles. The van der Waals surface area contributed by atoms with Crippen LogP contribution in [0.4, 0.5) is 0 Å². The Labute approximate surface area is 77.8 Å². The van der Waals surface area contributed by atoms with Crippen molar-refractivity contribution in [3.8, 4) is 0 Å². The summed E-state index contributed by atoms with van der Waals surface area (Å²) in [7, 11) is 0. The second-order valence-electron chi connectivity index (χ2n) is 3.28. The first-order chi connectivity index (χ1) is 6.31. The molecule has 0 bridgehead atoms. The van der Waals surface area contributed by atoms with Gasteiger partial charge in [-0.3, -0.25) is 0 Å². The molecule has 1 aliphatic carbocycles. The van der Waals surface area contributed by atoms with E-state index in [4.69, 9.17) is 5.41 Å². The highest BCUT2D eigenvalue weighted by Crippen LogP contribution is 2.19. The molecule has 1 aromatic heterocycles. The van der Waals surface area contributed by atoms with E-state index in [9.17, 15) is 0 Å². The van der Waals surface area contributed by atoms with Gasteiger partial charge in [-0.05, 0) is 37.0 Å². The van der Waals surface area contributed by atoms with Gasteiger partial charge in [0.1, 0.15) is 0 Å². The number of aromatic nitrogens is 1. The first-order valence-corrected chi connectivity index (χ1v) is 4.51. The second kappa shape index (κ2) is 3.13. The highest BCUT2D eigenvalue weighted by molar-refractivity contribution is 5.98. The molecule has 2 rings (SSSR count). The molecule has 0 aliphatic heterocycles. The minimum absolute atomic E-state index is 0.671. The zero-order valence-electron chi connectivity index (χ0n) is 7.51. The van der Waals surface area contributed by atoms with Gasteiger partial charge in [-0.25, -0.2) is 4.98 Å². The predicted octanol–water partition coefficient (Wildman–Crippen LogP) is 2.43. The third-order valence-corrected chi connectivity index (χ3v) is 2.37. The van der Waals surface area contributed by atoms with Crippen molar-refractivity contribution in [2.75, 3.05) is 0 Å². The number of nitrogens with one attached hydrogen (secondary N) is 1. The summed E-state index contributed by atoms with van der Waals surface area (Å²) in [5.74, 6) is 0. The molecule has 0 fully saturated rings. The lowest BCUT2D eigenvalue weighted by molar-refractivity contribution is 0.822. The van der Waals surface area contributed by atoms with E-state index in [0.717, 1.165) is 30.7 Å². The molecule has 0 unspecified atom stereocenters. The first kappa shape index (κ1) is 8.17. The van der Waals surface area contributed by atoms with E-state index in [-0.39, 0.29) is 0 Å². The fourth-order valence-electron chi connectivity index (χ4n) is 1.65. The summed E-state index contributed by atoms with van der Waals surface area (Å²) in [6, 6.07) is 4.03. The molecule has 1 aromatic rings. The van der Waals surface area contributed by atoms with Crippen LogP contribution in [-0.2, 0) is 6.42 Å². The van der Waals surface area contributed by atoms with E-state index in [1.165, 1.54) is 5.56 Å². The van der Waals surface area contributed by atoms with Crippen molar-refractivity contribution < 1.29 is 0 Å². The van der Waals surface area contributed by atoms with E-state index in [2.05, 4.69) is 17.6 Å². The highest BCUT2D eigenvalue weighted by Gasteiger charge is 2.14. The van der Waals surface area contributed by atoms with Crippen molar-refractivity contribution in [1.29, 1.82) is 5.41 Å². The van der Waals surface area contributed by atoms with Crippen LogP contribution in [0.1, 0.15) is 29.8 Å². The SMILES string of the molecule is C=Cc1ccc2c(n1)C(=N)CCC2. The number of hydrogen-bond donors (Lipinski definition) is 1. The lowest BCUT2D eigenvalue weighted by Crippen LogP contribution is -2.13. The van der Waals surface area contributed by atoms with Gasteiger partial charge in [0.25, 0.3) is 0 Å². The maximum Gasteiger partial charge on any atom is 0.0876 e. The van der Waals surface area contributed by atoms with Crippen LogP contribution >= 0.6 is 0 Å². The fraction of sp³-hybridized carbons (Fsp3) is 0.273. The molecule has 0 spiro atoms. The zero-order valence-corrected chi connectivity index (χ0v) is 7.51. The van der Waals surface area contributed by atoms with Crippen molar-refractivity contribution in [3.63, 3.8) is 0 Å². The lowest BCUT2D eigenvalue weighted by atomic mass is 9.94. The molecule has 0 atom stereocenters. The number of nitrogens with zero attached hydrogens (tertiary/aromatic N) is 1. The Morgan fingerprint density at radius 1 is 1.38 bits per heavy atom. The number of fused-ring (bicyclic) bond motifs is 1. The Balaban J connectivity index is 2.53. The molecular formula is C11H12N2. The van der Waals surface area contributed by atoms with Crippen LogP contribution in [0.2, 0.25) is 0 Å². The van der Waals surface area contributed by atoms with E-state index >= 15 is 0 Å². The molecule has 0 aromatic carbocycles. The predicted molar refractivity (Wildman–Crippen MR) is 54.1 cm³/mol. The molecule has 2 nitrogen and oxygen atoms in total. The van der Waals surface area contributed by atoms with Crippen LogP contribution in [0.3, 0.4) is 0 Å². The fourth-order valence-corrected chi connectivity index (χ4v) is 1.65. The van der Waals surface area contributed by atoms with E-state index in [1.54, 1.807) is 6.08 Å². The Hall–Kier alpha value is -1.44. The monoisotopic (exact) mass is 172 g/mol. The van der Waals surface area contributed by atoms with Crippen LogP contribution in [0.15, 0.2) is 18.7 Å². The topological polar surface area (TPSA) is 36.7 Å². The molecule has 1 N–H and O–H groups in total. The third kappa shape index (κ3) is 1.39. The van der Waals surface area contributed by atoms with Gasteiger partial charge in [0, 0.05) is 0 Å². The summed E-state index contributed by atoms with van der Waals surface area (Å²) in [6.07, 6.45) is 4.73. The van der Waals surface area contributed by atoms with Crippen LogP contribution in [0, 0.1) is 5.41 Å². The largest absolute Gasteiger partial charge is 0.303 e.